The van der Waals surface area contributed by atoms with Crippen molar-refractivity contribution in [2.45, 2.75) is 24.2 Å². The van der Waals surface area contributed by atoms with Gasteiger partial charge in [0.15, 0.2) is 0 Å². The second kappa shape index (κ2) is 7.65. The van der Waals surface area contributed by atoms with E-state index in [1.54, 1.807) is 17.0 Å². The number of carbonyl (C=O) groups is 1. The molecule has 8 heteroatoms. The summed E-state index contributed by atoms with van der Waals surface area (Å²) in [7, 11) is -3.70. The molecule has 1 heterocycles. The van der Waals surface area contributed by atoms with E-state index in [2.05, 4.69) is 4.72 Å². The van der Waals surface area contributed by atoms with E-state index in [0.29, 0.717) is 17.3 Å². The topological polar surface area (TPSA) is 92.5 Å². The molecule has 0 spiro atoms. The number of rotatable bonds is 5. The van der Waals surface area contributed by atoms with Gasteiger partial charge in [-0.3, -0.25) is 4.79 Å². The number of amides is 1. The summed E-state index contributed by atoms with van der Waals surface area (Å²) >= 11 is 5.83. The third-order valence-corrected chi connectivity index (χ3v) is 6.02. The predicted molar refractivity (Wildman–Crippen MR) is 103 cm³/mol. The number of halogens is 1. The van der Waals surface area contributed by atoms with Crippen molar-refractivity contribution in [1.29, 1.82) is 0 Å². The molecule has 0 radical (unpaired) electrons. The molecule has 1 aliphatic heterocycles. The van der Waals surface area contributed by atoms with E-state index in [-0.39, 0.29) is 23.8 Å². The standard InChI is InChI=1S/C18H20ClN3O3S/c19-13-4-1-5-14(12-13)26(24,25)21-10-9-18(23)22-11-3-6-15-16(20)7-2-8-17(15)22/h1-2,4-5,7-8,12,21H,3,6,9-11,20H2. The number of sulfonamides is 1. The SMILES string of the molecule is Nc1cccc2c1CCCN2C(=O)CCNS(=O)(=O)c1cccc(Cl)c1. The van der Waals surface area contributed by atoms with Crippen LogP contribution >= 0.6 is 11.6 Å². The number of carbonyl (C=O) groups excluding carboxylic acids is 1. The molecular weight excluding hydrogens is 374 g/mol. The average molecular weight is 394 g/mol. The lowest BCUT2D eigenvalue weighted by molar-refractivity contribution is -0.118. The van der Waals surface area contributed by atoms with Crippen LogP contribution in [0.3, 0.4) is 0 Å². The van der Waals surface area contributed by atoms with Crippen LogP contribution in [0.5, 0.6) is 0 Å². The Kier molecular flexibility index (Phi) is 5.50. The second-order valence-corrected chi connectivity index (χ2v) is 8.30. The van der Waals surface area contributed by atoms with E-state index < -0.39 is 10.0 Å². The third kappa shape index (κ3) is 4.00. The van der Waals surface area contributed by atoms with Crippen molar-refractivity contribution in [3.05, 3.63) is 53.1 Å². The molecule has 0 fully saturated rings. The molecule has 138 valence electrons. The Morgan fingerprint density at radius 1 is 1.23 bits per heavy atom. The number of benzene rings is 2. The first-order valence-electron chi connectivity index (χ1n) is 8.31. The second-order valence-electron chi connectivity index (χ2n) is 6.10. The van der Waals surface area contributed by atoms with Crippen LogP contribution < -0.4 is 15.4 Å². The van der Waals surface area contributed by atoms with Gasteiger partial charge in [-0.25, -0.2) is 13.1 Å². The number of nitrogens with one attached hydrogen (secondary N) is 1. The molecule has 2 aromatic rings. The largest absolute Gasteiger partial charge is 0.398 e. The minimum absolute atomic E-state index is 0.0157. The zero-order chi connectivity index (χ0) is 18.7. The van der Waals surface area contributed by atoms with Crippen LogP contribution in [0.2, 0.25) is 5.02 Å². The van der Waals surface area contributed by atoms with Crippen LogP contribution in [-0.4, -0.2) is 27.4 Å². The minimum atomic E-state index is -3.70. The monoisotopic (exact) mass is 393 g/mol. The first-order chi connectivity index (χ1) is 12.4. The normalized spacial score (nSPS) is 14.1. The lowest BCUT2D eigenvalue weighted by Crippen LogP contribution is -2.38. The lowest BCUT2D eigenvalue weighted by atomic mass is 9.99. The number of nitrogens with zero attached hydrogens (tertiary/aromatic N) is 1. The van der Waals surface area contributed by atoms with E-state index in [1.165, 1.54) is 12.1 Å². The summed E-state index contributed by atoms with van der Waals surface area (Å²) in [4.78, 5) is 14.3. The van der Waals surface area contributed by atoms with E-state index in [1.807, 2.05) is 18.2 Å². The van der Waals surface area contributed by atoms with Gasteiger partial charge in [0.25, 0.3) is 0 Å². The minimum Gasteiger partial charge on any atom is -0.398 e. The molecule has 1 aliphatic rings. The Hall–Kier alpha value is -2.09. The van der Waals surface area contributed by atoms with Gasteiger partial charge in [-0.1, -0.05) is 23.7 Å². The van der Waals surface area contributed by atoms with Crippen LogP contribution in [-0.2, 0) is 21.2 Å². The van der Waals surface area contributed by atoms with Crippen molar-refractivity contribution in [2.75, 3.05) is 23.7 Å². The van der Waals surface area contributed by atoms with E-state index in [9.17, 15) is 13.2 Å². The third-order valence-electron chi connectivity index (χ3n) is 4.33. The molecule has 6 nitrogen and oxygen atoms in total. The summed E-state index contributed by atoms with van der Waals surface area (Å²) in [5, 5.41) is 0.339. The zero-order valence-electron chi connectivity index (χ0n) is 14.1. The maximum Gasteiger partial charge on any atom is 0.240 e. The number of fused-ring (bicyclic) bond motifs is 1. The fraction of sp³-hybridized carbons (Fsp3) is 0.278. The van der Waals surface area contributed by atoms with Crippen molar-refractivity contribution in [2.24, 2.45) is 0 Å². The summed E-state index contributed by atoms with van der Waals surface area (Å²) in [6, 6.07) is 11.5. The van der Waals surface area contributed by atoms with Crippen LogP contribution in [0.4, 0.5) is 11.4 Å². The fourth-order valence-electron chi connectivity index (χ4n) is 3.06. The predicted octanol–water partition coefficient (Wildman–Crippen LogP) is 2.57. The molecule has 0 bridgehead atoms. The van der Waals surface area contributed by atoms with Crippen LogP contribution in [0.1, 0.15) is 18.4 Å². The molecule has 2 aromatic carbocycles. The molecule has 0 aliphatic carbocycles. The van der Waals surface area contributed by atoms with Gasteiger partial charge in [0.1, 0.15) is 0 Å². The molecule has 0 unspecified atom stereocenters. The lowest BCUT2D eigenvalue weighted by Gasteiger charge is -2.30. The summed E-state index contributed by atoms with van der Waals surface area (Å²) < 4.78 is 27.0. The van der Waals surface area contributed by atoms with Crippen LogP contribution in [0.15, 0.2) is 47.4 Å². The highest BCUT2D eigenvalue weighted by atomic mass is 35.5. The zero-order valence-corrected chi connectivity index (χ0v) is 15.7. The van der Waals surface area contributed by atoms with E-state index in [0.717, 1.165) is 24.1 Å². The molecule has 3 rings (SSSR count). The fourth-order valence-corrected chi connectivity index (χ4v) is 4.39. The molecule has 3 N–H and O–H groups in total. The number of nitrogens with two attached hydrogens (primary N) is 1. The smallest absolute Gasteiger partial charge is 0.240 e. The van der Waals surface area contributed by atoms with Gasteiger partial charge < -0.3 is 10.6 Å². The summed E-state index contributed by atoms with van der Waals surface area (Å²) in [6.07, 6.45) is 1.74. The van der Waals surface area contributed by atoms with E-state index in [4.69, 9.17) is 17.3 Å². The molecule has 1 amide bonds. The highest BCUT2D eigenvalue weighted by Crippen LogP contribution is 2.31. The number of hydrogen-bond acceptors (Lipinski definition) is 4. The Balaban J connectivity index is 1.65. The van der Waals surface area contributed by atoms with Crippen molar-refractivity contribution in [3.63, 3.8) is 0 Å². The Morgan fingerprint density at radius 3 is 2.77 bits per heavy atom. The first-order valence-corrected chi connectivity index (χ1v) is 10.2. The van der Waals surface area contributed by atoms with Crippen LogP contribution in [0, 0.1) is 0 Å². The quantitative estimate of drug-likeness (QED) is 0.763. The van der Waals surface area contributed by atoms with Gasteiger partial charge in [0.2, 0.25) is 15.9 Å². The van der Waals surface area contributed by atoms with Gasteiger partial charge >= 0.3 is 0 Å². The maximum atomic E-state index is 12.6. The summed E-state index contributed by atoms with van der Waals surface area (Å²) in [6.45, 7) is 0.623. The van der Waals surface area contributed by atoms with Crippen molar-refractivity contribution < 1.29 is 13.2 Å². The molecule has 26 heavy (non-hydrogen) atoms. The Morgan fingerprint density at radius 2 is 2.00 bits per heavy atom. The van der Waals surface area contributed by atoms with Gasteiger partial charge in [0.05, 0.1) is 4.90 Å². The van der Waals surface area contributed by atoms with Gasteiger partial charge in [-0.05, 0) is 48.7 Å². The molecule has 0 atom stereocenters. The Bertz CT molecular complexity index is 931. The van der Waals surface area contributed by atoms with E-state index >= 15 is 0 Å². The first kappa shape index (κ1) is 18.7. The highest BCUT2D eigenvalue weighted by Gasteiger charge is 2.24. The molecule has 0 saturated carbocycles. The van der Waals surface area contributed by atoms with Gasteiger partial charge in [-0.15, -0.1) is 0 Å². The molecule has 0 aromatic heterocycles. The van der Waals surface area contributed by atoms with Crippen molar-refractivity contribution >= 4 is 38.9 Å². The van der Waals surface area contributed by atoms with Gasteiger partial charge in [0, 0.05) is 35.9 Å². The maximum absolute atomic E-state index is 12.6. The number of hydrogen-bond donors (Lipinski definition) is 2. The highest BCUT2D eigenvalue weighted by molar-refractivity contribution is 7.89. The molecular formula is C18H20ClN3O3S. The molecule has 0 saturated heterocycles. The average Bonchev–Trinajstić information content (AvgIpc) is 2.61. The van der Waals surface area contributed by atoms with Crippen LogP contribution in [0.25, 0.3) is 0 Å². The summed E-state index contributed by atoms with van der Waals surface area (Å²) in [5.41, 5.74) is 8.48. The van der Waals surface area contributed by atoms with Crippen molar-refractivity contribution in [3.8, 4) is 0 Å². The summed E-state index contributed by atoms with van der Waals surface area (Å²) in [5.74, 6) is -0.134. The van der Waals surface area contributed by atoms with Crippen molar-refractivity contribution in [1.82, 2.24) is 4.72 Å². The Labute approximate surface area is 158 Å². The van der Waals surface area contributed by atoms with Gasteiger partial charge in [-0.2, -0.15) is 0 Å². The number of nitrogen functional groups attached to an aromatic ring is 1. The number of anilines is 2.